The highest BCUT2D eigenvalue weighted by Gasteiger charge is 2.10. The third kappa shape index (κ3) is 3.71. The van der Waals surface area contributed by atoms with Gasteiger partial charge in [0.05, 0.1) is 22.5 Å². The summed E-state index contributed by atoms with van der Waals surface area (Å²) in [6.45, 7) is 0. The number of aromatic nitrogens is 2. The molecule has 1 heterocycles. The van der Waals surface area contributed by atoms with Gasteiger partial charge in [0.2, 0.25) is 0 Å². The van der Waals surface area contributed by atoms with Crippen LogP contribution >= 0.6 is 0 Å². The number of nitrogens with one attached hydrogen (secondary N) is 2. The molecule has 7 nitrogen and oxygen atoms in total. The van der Waals surface area contributed by atoms with Crippen LogP contribution in [0.3, 0.4) is 0 Å². The molecular formula is C18H13N5O2. The van der Waals surface area contributed by atoms with Crippen molar-refractivity contribution in [2.45, 2.75) is 0 Å². The molecule has 0 saturated carbocycles. The molecule has 0 fully saturated rings. The lowest BCUT2D eigenvalue weighted by Gasteiger charge is -2.11. The predicted molar refractivity (Wildman–Crippen MR) is 93.2 cm³/mol. The quantitative estimate of drug-likeness (QED) is 0.655. The van der Waals surface area contributed by atoms with E-state index in [-0.39, 0.29) is 5.56 Å². The van der Waals surface area contributed by atoms with Gasteiger partial charge in [-0.25, -0.2) is 14.8 Å². The average molecular weight is 331 g/mol. The number of hydrogen-bond donors (Lipinski definition) is 3. The highest BCUT2D eigenvalue weighted by atomic mass is 16.4. The van der Waals surface area contributed by atoms with E-state index in [0.717, 1.165) is 0 Å². The van der Waals surface area contributed by atoms with Gasteiger partial charge in [0, 0.05) is 6.07 Å². The summed E-state index contributed by atoms with van der Waals surface area (Å²) in [7, 11) is 0. The Morgan fingerprint density at radius 1 is 0.960 bits per heavy atom. The Hall–Kier alpha value is -3.92. The summed E-state index contributed by atoms with van der Waals surface area (Å²) in [6, 6.07) is 17.3. The first-order valence-corrected chi connectivity index (χ1v) is 7.35. The summed E-state index contributed by atoms with van der Waals surface area (Å²) in [6.07, 6.45) is 1.35. The van der Waals surface area contributed by atoms with Crippen molar-refractivity contribution in [3.8, 4) is 6.07 Å². The maximum Gasteiger partial charge on any atom is 0.337 e. The largest absolute Gasteiger partial charge is 0.478 e. The number of aromatic carboxylic acids is 1. The first-order chi connectivity index (χ1) is 12.2. The molecule has 0 atom stereocenters. The van der Waals surface area contributed by atoms with Crippen molar-refractivity contribution < 1.29 is 9.90 Å². The van der Waals surface area contributed by atoms with Gasteiger partial charge in [0.1, 0.15) is 24.0 Å². The number of hydrogen-bond acceptors (Lipinski definition) is 6. The molecule has 3 N–H and O–H groups in total. The Morgan fingerprint density at radius 2 is 1.56 bits per heavy atom. The molecule has 0 aliphatic carbocycles. The van der Waals surface area contributed by atoms with Crippen molar-refractivity contribution >= 4 is 29.0 Å². The van der Waals surface area contributed by atoms with E-state index in [1.807, 2.05) is 6.07 Å². The molecule has 7 heteroatoms. The van der Waals surface area contributed by atoms with Crippen molar-refractivity contribution in [2.24, 2.45) is 0 Å². The Balaban J connectivity index is 1.86. The summed E-state index contributed by atoms with van der Waals surface area (Å²) in [5.41, 5.74) is 1.69. The lowest BCUT2D eigenvalue weighted by molar-refractivity contribution is 0.0698. The van der Waals surface area contributed by atoms with E-state index in [9.17, 15) is 9.90 Å². The number of carbonyl (C=O) groups is 1. The number of carboxylic acid groups (broad SMARTS) is 1. The Kier molecular flexibility index (Phi) is 4.53. The van der Waals surface area contributed by atoms with Crippen LogP contribution in [0.1, 0.15) is 15.9 Å². The number of benzene rings is 2. The minimum Gasteiger partial charge on any atom is -0.478 e. The van der Waals surface area contributed by atoms with E-state index in [1.54, 1.807) is 42.5 Å². The van der Waals surface area contributed by atoms with Crippen LogP contribution in [0.25, 0.3) is 0 Å². The summed E-state index contributed by atoms with van der Waals surface area (Å²) in [4.78, 5) is 19.5. The number of para-hydroxylation sites is 2. The van der Waals surface area contributed by atoms with Gasteiger partial charge in [-0.15, -0.1) is 0 Å². The Morgan fingerprint density at radius 3 is 2.24 bits per heavy atom. The fourth-order valence-corrected chi connectivity index (χ4v) is 2.24. The molecule has 25 heavy (non-hydrogen) atoms. The van der Waals surface area contributed by atoms with Gasteiger partial charge in [0.15, 0.2) is 0 Å². The van der Waals surface area contributed by atoms with Crippen LogP contribution in [0.2, 0.25) is 0 Å². The highest BCUT2D eigenvalue weighted by Crippen LogP contribution is 2.23. The maximum atomic E-state index is 11.3. The SMILES string of the molecule is N#Cc1ccccc1Nc1cc(Nc2ccccc2C(=O)O)ncn1. The standard InChI is InChI=1S/C18H13N5O2/c19-10-12-5-1-3-7-14(12)22-16-9-17(21-11-20-16)23-15-8-4-2-6-13(15)18(24)25/h1-9,11H,(H,24,25)(H2,20,21,22,23). The van der Waals surface area contributed by atoms with Gasteiger partial charge < -0.3 is 15.7 Å². The summed E-state index contributed by atoms with van der Waals surface area (Å²) in [5, 5.41) is 24.4. The van der Waals surface area contributed by atoms with Crippen LogP contribution in [0.4, 0.5) is 23.0 Å². The van der Waals surface area contributed by atoms with Crippen molar-refractivity contribution in [2.75, 3.05) is 10.6 Å². The van der Waals surface area contributed by atoms with Gasteiger partial charge >= 0.3 is 5.97 Å². The highest BCUT2D eigenvalue weighted by molar-refractivity contribution is 5.95. The van der Waals surface area contributed by atoms with Gasteiger partial charge in [-0.05, 0) is 24.3 Å². The van der Waals surface area contributed by atoms with Crippen LogP contribution in [0.5, 0.6) is 0 Å². The molecule has 0 unspecified atom stereocenters. The second-order valence-corrected chi connectivity index (χ2v) is 5.05. The zero-order valence-corrected chi connectivity index (χ0v) is 13.0. The fourth-order valence-electron chi connectivity index (χ4n) is 2.24. The molecule has 0 bridgehead atoms. The minimum atomic E-state index is -1.03. The molecule has 3 rings (SSSR count). The van der Waals surface area contributed by atoms with Crippen LogP contribution in [0.15, 0.2) is 60.9 Å². The molecule has 0 aliphatic rings. The van der Waals surface area contributed by atoms with Gasteiger partial charge in [0.25, 0.3) is 0 Å². The molecule has 122 valence electrons. The van der Waals surface area contributed by atoms with Gasteiger partial charge in [-0.2, -0.15) is 5.26 Å². The molecule has 0 amide bonds. The van der Waals surface area contributed by atoms with Crippen molar-refractivity contribution in [3.05, 3.63) is 72.1 Å². The van der Waals surface area contributed by atoms with Crippen molar-refractivity contribution in [1.29, 1.82) is 5.26 Å². The Labute approximate surface area is 143 Å². The summed E-state index contributed by atoms with van der Waals surface area (Å²) in [5.74, 6) is -0.118. The third-order valence-electron chi connectivity index (χ3n) is 3.40. The first-order valence-electron chi connectivity index (χ1n) is 7.35. The van der Waals surface area contributed by atoms with Crippen molar-refractivity contribution in [1.82, 2.24) is 9.97 Å². The minimum absolute atomic E-state index is 0.144. The molecule has 0 aliphatic heterocycles. The van der Waals surface area contributed by atoms with Gasteiger partial charge in [-0.3, -0.25) is 0 Å². The number of carboxylic acids is 1. The summed E-state index contributed by atoms with van der Waals surface area (Å²) < 4.78 is 0. The molecule has 2 aromatic carbocycles. The Bertz CT molecular complexity index is 965. The van der Waals surface area contributed by atoms with Crippen LogP contribution in [0, 0.1) is 11.3 Å². The molecule has 0 spiro atoms. The van der Waals surface area contributed by atoms with Crippen LogP contribution in [-0.2, 0) is 0 Å². The fraction of sp³-hybridized carbons (Fsp3) is 0. The maximum absolute atomic E-state index is 11.3. The van der Waals surface area contributed by atoms with Crippen molar-refractivity contribution in [3.63, 3.8) is 0 Å². The average Bonchev–Trinajstić information content (AvgIpc) is 2.63. The van der Waals surface area contributed by atoms with E-state index in [4.69, 9.17) is 5.26 Å². The van der Waals surface area contributed by atoms with Crippen LogP contribution < -0.4 is 10.6 Å². The molecular weight excluding hydrogens is 318 g/mol. The number of anilines is 4. The van der Waals surface area contributed by atoms with E-state index >= 15 is 0 Å². The zero-order chi connectivity index (χ0) is 17.6. The third-order valence-corrected chi connectivity index (χ3v) is 3.40. The zero-order valence-electron chi connectivity index (χ0n) is 13.0. The molecule has 0 saturated heterocycles. The second-order valence-electron chi connectivity index (χ2n) is 5.05. The smallest absolute Gasteiger partial charge is 0.337 e. The van der Waals surface area contributed by atoms with Gasteiger partial charge in [-0.1, -0.05) is 24.3 Å². The second kappa shape index (κ2) is 7.10. The molecule has 3 aromatic rings. The monoisotopic (exact) mass is 331 g/mol. The lowest BCUT2D eigenvalue weighted by atomic mass is 10.2. The number of nitrogens with zero attached hydrogens (tertiary/aromatic N) is 3. The number of rotatable bonds is 5. The van der Waals surface area contributed by atoms with E-state index in [2.05, 4.69) is 26.7 Å². The normalized spacial score (nSPS) is 9.88. The van der Waals surface area contributed by atoms with E-state index in [1.165, 1.54) is 12.4 Å². The first kappa shape index (κ1) is 16.0. The summed E-state index contributed by atoms with van der Waals surface area (Å²) >= 11 is 0. The molecule has 1 aromatic heterocycles. The molecule has 0 radical (unpaired) electrons. The van der Waals surface area contributed by atoms with Crippen LogP contribution in [-0.4, -0.2) is 21.0 Å². The number of nitriles is 1. The van der Waals surface area contributed by atoms with E-state index < -0.39 is 5.97 Å². The topological polar surface area (TPSA) is 111 Å². The van der Waals surface area contributed by atoms with E-state index in [0.29, 0.717) is 28.6 Å². The lowest BCUT2D eigenvalue weighted by Crippen LogP contribution is -2.04. The predicted octanol–water partition coefficient (Wildman–Crippen LogP) is 3.53.